The van der Waals surface area contributed by atoms with Crippen LogP contribution in [0.4, 0.5) is 4.79 Å². The molecule has 1 aliphatic heterocycles. The quantitative estimate of drug-likeness (QED) is 0.567. The molecule has 0 atom stereocenters. The Balaban J connectivity index is 2.17. The molecule has 3 amide bonds. The first-order valence-corrected chi connectivity index (χ1v) is 5.81. The first-order valence-electron chi connectivity index (χ1n) is 5.44. The molecule has 0 saturated carbocycles. The SMILES string of the molecule is O=C(O)COc1ccc(C=C2NC(=O)NC2=O)cc1Cl. The average molecular weight is 297 g/mol. The van der Waals surface area contributed by atoms with Gasteiger partial charge in [0.1, 0.15) is 11.4 Å². The molecule has 1 fully saturated rings. The van der Waals surface area contributed by atoms with E-state index in [9.17, 15) is 14.4 Å². The minimum absolute atomic E-state index is 0.102. The molecule has 1 aromatic rings. The maximum atomic E-state index is 11.3. The Bertz CT molecular complexity index is 626. The predicted molar refractivity (Wildman–Crippen MR) is 69.2 cm³/mol. The van der Waals surface area contributed by atoms with Crippen LogP contribution >= 0.6 is 11.6 Å². The van der Waals surface area contributed by atoms with E-state index in [2.05, 4.69) is 10.6 Å². The monoisotopic (exact) mass is 296 g/mol. The fourth-order valence-corrected chi connectivity index (χ4v) is 1.76. The molecule has 2 rings (SSSR count). The number of urea groups is 1. The lowest BCUT2D eigenvalue weighted by Crippen LogP contribution is -2.22. The van der Waals surface area contributed by atoms with Crippen LogP contribution in [0.1, 0.15) is 5.56 Å². The van der Waals surface area contributed by atoms with Crippen LogP contribution in [0.3, 0.4) is 0 Å². The largest absolute Gasteiger partial charge is 0.480 e. The van der Waals surface area contributed by atoms with Gasteiger partial charge in [-0.15, -0.1) is 0 Å². The van der Waals surface area contributed by atoms with Crippen molar-refractivity contribution in [3.8, 4) is 5.75 Å². The third-order valence-electron chi connectivity index (χ3n) is 2.34. The first-order chi connectivity index (χ1) is 9.45. The van der Waals surface area contributed by atoms with Crippen LogP contribution in [0.2, 0.25) is 5.02 Å². The van der Waals surface area contributed by atoms with E-state index in [1.165, 1.54) is 18.2 Å². The molecule has 1 aromatic carbocycles. The molecular weight excluding hydrogens is 288 g/mol. The number of nitrogens with one attached hydrogen (secondary N) is 2. The molecule has 0 aromatic heterocycles. The zero-order valence-electron chi connectivity index (χ0n) is 9.97. The number of carboxylic acids is 1. The van der Waals surface area contributed by atoms with E-state index < -0.39 is 24.5 Å². The Morgan fingerprint density at radius 2 is 2.10 bits per heavy atom. The van der Waals surface area contributed by atoms with Crippen molar-refractivity contribution in [2.24, 2.45) is 0 Å². The molecule has 8 heteroatoms. The van der Waals surface area contributed by atoms with Gasteiger partial charge in [0.15, 0.2) is 6.61 Å². The average Bonchev–Trinajstić information content (AvgIpc) is 2.66. The maximum Gasteiger partial charge on any atom is 0.341 e. The molecule has 7 nitrogen and oxygen atoms in total. The smallest absolute Gasteiger partial charge is 0.341 e. The highest BCUT2D eigenvalue weighted by Crippen LogP contribution is 2.26. The van der Waals surface area contributed by atoms with Gasteiger partial charge in [0.2, 0.25) is 0 Å². The molecule has 0 bridgehead atoms. The minimum atomic E-state index is -1.11. The topological polar surface area (TPSA) is 105 Å². The third-order valence-corrected chi connectivity index (χ3v) is 2.63. The van der Waals surface area contributed by atoms with Gasteiger partial charge in [-0.25, -0.2) is 9.59 Å². The van der Waals surface area contributed by atoms with E-state index in [0.29, 0.717) is 5.56 Å². The fourth-order valence-electron chi connectivity index (χ4n) is 1.51. The summed E-state index contributed by atoms with van der Waals surface area (Å²) in [7, 11) is 0. The standard InChI is InChI=1S/C12H9ClN2O5/c13-7-3-6(1-2-9(7)20-5-10(16)17)4-8-11(18)15-12(19)14-8/h1-4H,5H2,(H,16,17)(H2,14,15,18,19). The second-order valence-electron chi connectivity index (χ2n) is 3.84. The normalized spacial score (nSPS) is 15.9. The molecule has 1 saturated heterocycles. The molecule has 104 valence electrons. The Morgan fingerprint density at radius 1 is 1.35 bits per heavy atom. The van der Waals surface area contributed by atoms with Crippen molar-refractivity contribution in [2.45, 2.75) is 0 Å². The number of amides is 3. The van der Waals surface area contributed by atoms with Crippen molar-refractivity contribution in [2.75, 3.05) is 6.61 Å². The summed E-state index contributed by atoms with van der Waals surface area (Å²) in [6, 6.07) is 3.96. The summed E-state index contributed by atoms with van der Waals surface area (Å²) in [5.41, 5.74) is 0.662. The number of rotatable bonds is 4. The van der Waals surface area contributed by atoms with Gasteiger partial charge < -0.3 is 15.2 Å². The van der Waals surface area contributed by atoms with Gasteiger partial charge in [0.25, 0.3) is 5.91 Å². The van der Waals surface area contributed by atoms with Crippen molar-refractivity contribution in [1.82, 2.24) is 10.6 Å². The van der Waals surface area contributed by atoms with Gasteiger partial charge in [-0.05, 0) is 23.8 Å². The number of benzene rings is 1. The summed E-state index contributed by atoms with van der Waals surface area (Å²) >= 11 is 5.93. The third kappa shape index (κ3) is 3.27. The van der Waals surface area contributed by atoms with Gasteiger partial charge in [0.05, 0.1) is 5.02 Å². The molecule has 20 heavy (non-hydrogen) atoms. The Kier molecular flexibility index (Phi) is 3.90. The van der Waals surface area contributed by atoms with Crippen molar-refractivity contribution >= 4 is 35.6 Å². The lowest BCUT2D eigenvalue weighted by molar-refractivity contribution is -0.139. The van der Waals surface area contributed by atoms with Gasteiger partial charge >= 0.3 is 12.0 Å². The van der Waals surface area contributed by atoms with Crippen molar-refractivity contribution in [3.05, 3.63) is 34.5 Å². The molecule has 1 heterocycles. The summed E-state index contributed by atoms with van der Waals surface area (Å²) < 4.78 is 4.96. The number of aliphatic carboxylic acids is 1. The minimum Gasteiger partial charge on any atom is -0.480 e. The van der Waals surface area contributed by atoms with E-state index >= 15 is 0 Å². The molecule has 0 radical (unpaired) electrons. The predicted octanol–water partition coefficient (Wildman–Crippen LogP) is 0.984. The molecule has 0 spiro atoms. The number of hydrogen-bond acceptors (Lipinski definition) is 4. The van der Waals surface area contributed by atoms with E-state index in [4.69, 9.17) is 21.4 Å². The van der Waals surface area contributed by atoms with Crippen molar-refractivity contribution < 1.29 is 24.2 Å². The van der Waals surface area contributed by atoms with Crippen LogP contribution in [-0.2, 0) is 9.59 Å². The van der Waals surface area contributed by atoms with E-state index in [1.807, 2.05) is 0 Å². The first kappa shape index (κ1) is 13.9. The summed E-state index contributed by atoms with van der Waals surface area (Å²) in [6.07, 6.45) is 1.44. The number of hydrogen-bond donors (Lipinski definition) is 3. The zero-order valence-corrected chi connectivity index (χ0v) is 10.7. The highest BCUT2D eigenvalue weighted by Gasteiger charge is 2.22. The summed E-state index contributed by atoms with van der Waals surface area (Å²) in [5.74, 6) is -1.42. The number of carbonyl (C=O) groups is 3. The lowest BCUT2D eigenvalue weighted by atomic mass is 10.2. The van der Waals surface area contributed by atoms with Crippen LogP contribution in [0.5, 0.6) is 5.75 Å². The second-order valence-corrected chi connectivity index (χ2v) is 4.25. The summed E-state index contributed by atoms with van der Waals surface area (Å²) in [4.78, 5) is 32.7. The molecular formula is C12H9ClN2O5. The molecule has 1 aliphatic rings. The van der Waals surface area contributed by atoms with Crippen LogP contribution in [-0.4, -0.2) is 29.6 Å². The van der Waals surface area contributed by atoms with Gasteiger partial charge in [-0.3, -0.25) is 10.1 Å². The fraction of sp³-hybridized carbons (Fsp3) is 0.0833. The Morgan fingerprint density at radius 3 is 2.65 bits per heavy atom. The summed E-state index contributed by atoms with van der Waals surface area (Å²) in [6.45, 7) is -0.501. The van der Waals surface area contributed by atoms with Crippen LogP contribution in [0, 0.1) is 0 Å². The molecule has 3 N–H and O–H groups in total. The Labute approximate surface area is 118 Å². The van der Waals surface area contributed by atoms with Crippen LogP contribution < -0.4 is 15.4 Å². The van der Waals surface area contributed by atoms with Gasteiger partial charge in [0, 0.05) is 0 Å². The maximum absolute atomic E-state index is 11.3. The highest BCUT2D eigenvalue weighted by atomic mass is 35.5. The van der Waals surface area contributed by atoms with E-state index in [0.717, 1.165) is 0 Å². The van der Waals surface area contributed by atoms with E-state index in [1.54, 1.807) is 6.07 Å². The van der Waals surface area contributed by atoms with Crippen molar-refractivity contribution in [3.63, 3.8) is 0 Å². The number of ether oxygens (including phenoxy) is 1. The van der Waals surface area contributed by atoms with Gasteiger partial charge in [-0.2, -0.15) is 0 Å². The zero-order chi connectivity index (χ0) is 14.7. The highest BCUT2D eigenvalue weighted by molar-refractivity contribution is 6.32. The second kappa shape index (κ2) is 5.62. The molecule has 0 aliphatic carbocycles. The van der Waals surface area contributed by atoms with E-state index in [-0.39, 0.29) is 16.5 Å². The molecule has 0 unspecified atom stereocenters. The summed E-state index contributed by atoms with van der Waals surface area (Å²) in [5, 5.41) is 13.1. The Hall–Kier alpha value is -2.54. The van der Waals surface area contributed by atoms with Gasteiger partial charge in [-0.1, -0.05) is 17.7 Å². The number of carbonyl (C=O) groups excluding carboxylic acids is 2. The van der Waals surface area contributed by atoms with Crippen LogP contribution in [0.15, 0.2) is 23.9 Å². The number of imide groups is 1. The lowest BCUT2D eigenvalue weighted by Gasteiger charge is -2.06. The number of carboxylic acid groups (broad SMARTS) is 1. The number of halogens is 1. The van der Waals surface area contributed by atoms with Crippen molar-refractivity contribution in [1.29, 1.82) is 0 Å². The van der Waals surface area contributed by atoms with Crippen LogP contribution in [0.25, 0.3) is 6.08 Å².